The Balaban J connectivity index is 1.27. The molecule has 6 N–H and O–H groups in total. The van der Waals surface area contributed by atoms with Crippen molar-refractivity contribution in [3.05, 3.63) is 78.0 Å². The third kappa shape index (κ3) is 6.10. The van der Waals surface area contributed by atoms with E-state index in [2.05, 4.69) is 27.2 Å². The van der Waals surface area contributed by atoms with Crippen molar-refractivity contribution in [1.29, 1.82) is 0 Å². The maximum atomic E-state index is 12.6. The summed E-state index contributed by atoms with van der Waals surface area (Å²) in [6.45, 7) is 3.30. The van der Waals surface area contributed by atoms with Gasteiger partial charge in [-0.05, 0) is 54.4 Å². The van der Waals surface area contributed by atoms with Crippen LogP contribution in [-0.2, 0) is 16.4 Å². The number of aromatic amines is 1. The lowest BCUT2D eigenvalue weighted by molar-refractivity contribution is 0.172. The number of aromatic nitrogens is 2. The molecule has 0 saturated heterocycles. The van der Waals surface area contributed by atoms with Gasteiger partial charge in [0.15, 0.2) is 0 Å². The minimum atomic E-state index is -3.79. The monoisotopic (exact) mass is 495 g/mol. The van der Waals surface area contributed by atoms with Crippen molar-refractivity contribution in [2.45, 2.75) is 24.3 Å². The van der Waals surface area contributed by atoms with Crippen LogP contribution < -0.4 is 20.5 Å². The van der Waals surface area contributed by atoms with E-state index in [-0.39, 0.29) is 11.4 Å². The van der Waals surface area contributed by atoms with E-state index in [1.165, 1.54) is 12.1 Å². The Morgan fingerprint density at radius 1 is 1.11 bits per heavy atom. The Bertz CT molecular complexity index is 1400. The predicted octanol–water partition coefficient (Wildman–Crippen LogP) is 3.21. The third-order valence-corrected chi connectivity index (χ3v) is 6.90. The highest BCUT2D eigenvalue weighted by atomic mass is 32.2. The van der Waals surface area contributed by atoms with E-state index in [1.807, 2.05) is 18.2 Å². The molecule has 0 aliphatic heterocycles. The minimum absolute atomic E-state index is 0.0719. The van der Waals surface area contributed by atoms with E-state index >= 15 is 0 Å². The number of nitrogens with two attached hydrogens (primary N) is 1. The molecule has 1 heterocycles. The Morgan fingerprint density at radius 3 is 2.74 bits per heavy atom. The summed E-state index contributed by atoms with van der Waals surface area (Å²) in [5.74, 6) is 0.742. The second kappa shape index (κ2) is 10.8. The lowest BCUT2D eigenvalue weighted by Gasteiger charge is -2.15. The van der Waals surface area contributed by atoms with Crippen LogP contribution in [0.1, 0.15) is 24.3 Å². The fourth-order valence-corrected chi connectivity index (χ4v) is 4.82. The molecule has 184 valence electrons. The molecule has 1 aromatic heterocycles. The van der Waals surface area contributed by atoms with Crippen molar-refractivity contribution in [1.82, 2.24) is 15.5 Å². The third-order valence-electron chi connectivity index (χ3n) is 5.53. The molecule has 0 aliphatic rings. The molecule has 0 aliphatic carbocycles. The van der Waals surface area contributed by atoms with Gasteiger partial charge in [-0.1, -0.05) is 25.1 Å². The molecule has 1 unspecified atom stereocenters. The zero-order valence-corrected chi connectivity index (χ0v) is 20.2. The molecule has 0 saturated carbocycles. The van der Waals surface area contributed by atoms with Crippen LogP contribution in [0.25, 0.3) is 10.9 Å². The van der Waals surface area contributed by atoms with Crippen LogP contribution in [0.4, 0.5) is 11.4 Å². The number of H-pyrrole nitrogens is 1. The maximum Gasteiger partial charge on any atom is 0.261 e. The van der Waals surface area contributed by atoms with E-state index < -0.39 is 16.1 Å². The van der Waals surface area contributed by atoms with Crippen LogP contribution in [0.3, 0.4) is 0 Å². The van der Waals surface area contributed by atoms with E-state index in [0.717, 1.165) is 28.8 Å². The zero-order valence-electron chi connectivity index (χ0n) is 19.4. The van der Waals surface area contributed by atoms with Crippen LogP contribution in [0.15, 0.2) is 71.6 Å². The van der Waals surface area contributed by atoms with Gasteiger partial charge >= 0.3 is 0 Å². The van der Waals surface area contributed by atoms with Gasteiger partial charge < -0.3 is 20.9 Å². The molecule has 10 heteroatoms. The van der Waals surface area contributed by atoms with Gasteiger partial charge in [-0.2, -0.15) is 5.10 Å². The number of nitrogen functional groups attached to an aromatic ring is 1. The van der Waals surface area contributed by atoms with Crippen molar-refractivity contribution >= 4 is 32.3 Å². The lowest BCUT2D eigenvalue weighted by Crippen LogP contribution is -2.26. The second-order valence-corrected chi connectivity index (χ2v) is 9.79. The molecule has 3 aromatic carbocycles. The fourth-order valence-electron chi connectivity index (χ4n) is 3.72. The van der Waals surface area contributed by atoms with Crippen molar-refractivity contribution in [3.63, 3.8) is 0 Å². The molecule has 0 bridgehead atoms. The first-order chi connectivity index (χ1) is 16.9. The number of rotatable bonds is 11. The topological polar surface area (TPSA) is 142 Å². The fraction of sp³-hybridized carbons (Fsp3) is 0.240. The molecule has 4 rings (SSSR count). The van der Waals surface area contributed by atoms with Crippen LogP contribution in [0.2, 0.25) is 0 Å². The number of hydrogen-bond acceptors (Lipinski definition) is 7. The largest absolute Gasteiger partial charge is 0.492 e. The average molecular weight is 496 g/mol. The molecule has 0 spiro atoms. The van der Waals surface area contributed by atoms with Gasteiger partial charge in [-0.3, -0.25) is 9.82 Å². The molecule has 1 atom stereocenters. The molecule has 9 nitrogen and oxygen atoms in total. The van der Waals surface area contributed by atoms with Crippen LogP contribution in [0, 0.1) is 0 Å². The highest BCUT2D eigenvalue weighted by Crippen LogP contribution is 2.23. The normalized spacial score (nSPS) is 12.5. The van der Waals surface area contributed by atoms with Crippen molar-refractivity contribution in [2.75, 3.05) is 30.2 Å². The summed E-state index contributed by atoms with van der Waals surface area (Å²) in [6, 6.07) is 18.6. The minimum Gasteiger partial charge on any atom is -0.492 e. The summed E-state index contributed by atoms with van der Waals surface area (Å²) >= 11 is 0. The van der Waals surface area contributed by atoms with Gasteiger partial charge in [0.05, 0.1) is 22.2 Å². The summed E-state index contributed by atoms with van der Waals surface area (Å²) in [6.07, 6.45) is 0.0456. The lowest BCUT2D eigenvalue weighted by atomic mass is 10.1. The Kier molecular flexibility index (Phi) is 7.54. The van der Waals surface area contributed by atoms with Gasteiger partial charge in [0.1, 0.15) is 12.4 Å². The summed E-state index contributed by atoms with van der Waals surface area (Å²) in [5, 5.41) is 22.1. The molecular weight excluding hydrogens is 466 g/mol. The van der Waals surface area contributed by atoms with Crippen LogP contribution >= 0.6 is 0 Å². The molecular formula is C25H29N5O4S. The summed E-state index contributed by atoms with van der Waals surface area (Å²) in [5.41, 5.74) is 8.97. The highest BCUT2D eigenvalue weighted by molar-refractivity contribution is 7.92. The molecule has 0 fully saturated rings. The summed E-state index contributed by atoms with van der Waals surface area (Å²) in [7, 11) is -3.79. The first-order valence-electron chi connectivity index (χ1n) is 11.3. The number of hydrogen-bond donors (Lipinski definition) is 5. The van der Waals surface area contributed by atoms with Gasteiger partial charge in [0.2, 0.25) is 0 Å². The number of benzene rings is 3. The number of aliphatic hydroxyl groups is 1. The predicted molar refractivity (Wildman–Crippen MR) is 137 cm³/mol. The Morgan fingerprint density at radius 2 is 1.94 bits per heavy atom. The number of aliphatic hydroxyl groups excluding tert-OH is 1. The number of anilines is 2. The number of nitrogens with one attached hydrogen (secondary N) is 3. The zero-order chi connectivity index (χ0) is 24.8. The van der Waals surface area contributed by atoms with Crippen LogP contribution in [-0.4, -0.2) is 43.4 Å². The average Bonchev–Trinajstić information content (AvgIpc) is 3.26. The van der Waals surface area contributed by atoms with Gasteiger partial charge in [-0.15, -0.1) is 0 Å². The molecule has 0 amide bonds. The number of nitrogens with zero attached hydrogens (tertiary/aromatic N) is 1. The highest BCUT2D eigenvalue weighted by Gasteiger charge is 2.15. The van der Waals surface area contributed by atoms with E-state index in [1.54, 1.807) is 36.4 Å². The first-order valence-corrected chi connectivity index (χ1v) is 12.8. The van der Waals surface area contributed by atoms with Crippen molar-refractivity contribution in [3.8, 4) is 5.75 Å². The molecule has 0 radical (unpaired) electrons. The molecule has 35 heavy (non-hydrogen) atoms. The Labute approximate surface area is 204 Å². The standard InChI is InChI=1S/C25H29N5O4S/c1-2-23-22-10-9-20(15-24(22)29-28-23)34-12-11-27-16-25(31)17-5-3-7-19(13-17)30-35(32,33)21-8-4-6-18(26)14-21/h3-10,13-15,25,27,30-31H,2,11-12,16,26H2,1H3,(H,28,29). The summed E-state index contributed by atoms with van der Waals surface area (Å²) < 4.78 is 33.6. The van der Waals surface area contributed by atoms with Crippen molar-refractivity contribution < 1.29 is 18.3 Å². The second-order valence-electron chi connectivity index (χ2n) is 8.10. The number of aryl methyl sites for hydroxylation is 1. The van der Waals surface area contributed by atoms with Gasteiger partial charge in [0.25, 0.3) is 10.0 Å². The summed E-state index contributed by atoms with van der Waals surface area (Å²) in [4.78, 5) is 0.0719. The van der Waals surface area contributed by atoms with Gasteiger partial charge in [0, 0.05) is 35.9 Å². The van der Waals surface area contributed by atoms with E-state index in [0.29, 0.717) is 30.1 Å². The Hall–Kier alpha value is -3.60. The number of ether oxygens (including phenoxy) is 1. The van der Waals surface area contributed by atoms with E-state index in [4.69, 9.17) is 10.5 Å². The first kappa shape index (κ1) is 24.5. The number of fused-ring (bicyclic) bond motifs is 1. The SMILES string of the molecule is CCc1n[nH]c2cc(OCCNCC(O)c3cccc(NS(=O)(=O)c4cccc(N)c4)c3)ccc12. The maximum absolute atomic E-state index is 12.6. The van der Waals surface area contributed by atoms with Gasteiger partial charge in [-0.25, -0.2) is 8.42 Å². The van der Waals surface area contributed by atoms with Crippen LogP contribution in [0.5, 0.6) is 5.75 Å². The molecule has 4 aromatic rings. The number of sulfonamides is 1. The van der Waals surface area contributed by atoms with Crippen molar-refractivity contribution in [2.24, 2.45) is 0 Å². The quantitative estimate of drug-likeness (QED) is 0.159. The van der Waals surface area contributed by atoms with E-state index in [9.17, 15) is 13.5 Å². The smallest absolute Gasteiger partial charge is 0.261 e.